The highest BCUT2D eigenvalue weighted by atomic mass is 14.8. The zero-order chi connectivity index (χ0) is 11.9. The fraction of sp³-hybridized carbons (Fsp3) is 0.533. The third-order valence-electron chi connectivity index (χ3n) is 3.72. The first-order valence-corrected chi connectivity index (χ1v) is 6.22. The molecule has 0 saturated heterocycles. The average molecular weight is 215 g/mol. The summed E-state index contributed by atoms with van der Waals surface area (Å²) >= 11 is 0. The topological polar surface area (TPSA) is 12.4 Å². The summed E-state index contributed by atoms with van der Waals surface area (Å²) in [6, 6.07) is 5.01. The smallest absolute Gasteiger partial charge is 0.0541 e. The van der Waals surface area contributed by atoms with E-state index in [4.69, 9.17) is 4.99 Å². The van der Waals surface area contributed by atoms with Crippen LogP contribution in [0, 0.1) is 13.8 Å². The summed E-state index contributed by atoms with van der Waals surface area (Å²) in [6.45, 7) is 11.1. The third-order valence-corrected chi connectivity index (χ3v) is 3.72. The highest BCUT2D eigenvalue weighted by Gasteiger charge is 2.25. The Hall–Kier alpha value is -1.11. The maximum Gasteiger partial charge on any atom is 0.0541 e. The lowest BCUT2D eigenvalue weighted by atomic mass is 9.81. The van der Waals surface area contributed by atoms with E-state index in [1.165, 1.54) is 28.0 Å². The van der Waals surface area contributed by atoms with Crippen molar-refractivity contribution in [2.75, 3.05) is 0 Å². The molecule has 0 aromatic heterocycles. The summed E-state index contributed by atoms with van der Waals surface area (Å²) in [6.07, 6.45) is 1.03. The molecular weight excluding hydrogens is 194 g/mol. The molecule has 0 radical (unpaired) electrons. The molecule has 16 heavy (non-hydrogen) atoms. The first-order chi connectivity index (χ1) is 7.54. The Morgan fingerprint density at radius 2 is 1.88 bits per heavy atom. The van der Waals surface area contributed by atoms with Crippen molar-refractivity contribution in [2.45, 2.75) is 53.0 Å². The van der Waals surface area contributed by atoms with Crippen LogP contribution in [0.5, 0.6) is 0 Å². The number of hydrogen-bond donors (Lipinski definition) is 0. The summed E-state index contributed by atoms with van der Waals surface area (Å²) in [5.74, 6) is 0.547. The molecule has 0 fully saturated rings. The fourth-order valence-electron chi connectivity index (χ4n) is 2.77. The van der Waals surface area contributed by atoms with Crippen LogP contribution in [0.4, 0.5) is 0 Å². The van der Waals surface area contributed by atoms with Crippen molar-refractivity contribution in [3.05, 3.63) is 34.4 Å². The van der Waals surface area contributed by atoms with Gasteiger partial charge in [-0.3, -0.25) is 4.99 Å². The lowest BCUT2D eigenvalue weighted by molar-refractivity contribution is 0.600. The molecule has 2 unspecified atom stereocenters. The van der Waals surface area contributed by atoms with Crippen molar-refractivity contribution in [2.24, 2.45) is 4.99 Å². The zero-order valence-electron chi connectivity index (χ0n) is 11.0. The van der Waals surface area contributed by atoms with Crippen LogP contribution in [0.25, 0.3) is 0 Å². The highest BCUT2D eigenvalue weighted by Crippen LogP contribution is 2.34. The first-order valence-electron chi connectivity index (χ1n) is 6.22. The van der Waals surface area contributed by atoms with Gasteiger partial charge in [-0.05, 0) is 49.9 Å². The molecule has 1 heteroatoms. The Bertz CT molecular complexity index is 443. The molecule has 1 aliphatic rings. The van der Waals surface area contributed by atoms with E-state index in [0.717, 1.165) is 6.42 Å². The van der Waals surface area contributed by atoms with Crippen molar-refractivity contribution >= 4 is 5.71 Å². The van der Waals surface area contributed by atoms with E-state index in [9.17, 15) is 0 Å². The van der Waals surface area contributed by atoms with Gasteiger partial charge in [-0.25, -0.2) is 0 Å². The van der Waals surface area contributed by atoms with E-state index >= 15 is 0 Å². The molecule has 1 aromatic carbocycles. The molecule has 0 N–H and O–H groups in total. The molecule has 0 saturated carbocycles. The quantitative estimate of drug-likeness (QED) is 0.671. The molecular formula is C15H21N. The molecule has 0 spiro atoms. The first kappa shape index (κ1) is 11.4. The van der Waals surface area contributed by atoms with Crippen LogP contribution in [0.2, 0.25) is 0 Å². The molecule has 1 heterocycles. The summed E-state index contributed by atoms with van der Waals surface area (Å²) in [7, 11) is 0. The monoisotopic (exact) mass is 215 g/mol. The standard InChI is InChI=1S/C15H21N/c1-6-14-13-8-9(2)7-10(3)15(13)11(4)12(5)16-14/h7-8,11-12H,6H2,1-5H3. The van der Waals surface area contributed by atoms with Gasteiger partial charge >= 0.3 is 0 Å². The summed E-state index contributed by atoms with van der Waals surface area (Å²) < 4.78 is 0. The van der Waals surface area contributed by atoms with Crippen LogP contribution in [-0.2, 0) is 0 Å². The molecule has 1 aromatic rings. The molecule has 0 bridgehead atoms. The maximum absolute atomic E-state index is 4.82. The van der Waals surface area contributed by atoms with E-state index in [1.54, 1.807) is 0 Å². The third kappa shape index (κ3) is 1.68. The predicted octanol–water partition coefficient (Wildman–Crippen LogP) is 4.01. The number of fused-ring (bicyclic) bond motifs is 1. The van der Waals surface area contributed by atoms with Gasteiger partial charge in [0, 0.05) is 11.6 Å². The molecule has 1 nitrogen and oxygen atoms in total. The summed E-state index contributed by atoms with van der Waals surface area (Å²) in [5.41, 5.74) is 6.97. The van der Waals surface area contributed by atoms with E-state index < -0.39 is 0 Å². The van der Waals surface area contributed by atoms with Gasteiger partial charge in [0.15, 0.2) is 0 Å². The van der Waals surface area contributed by atoms with Crippen LogP contribution in [0.1, 0.15) is 55.4 Å². The van der Waals surface area contributed by atoms with Crippen LogP contribution in [-0.4, -0.2) is 11.8 Å². The van der Waals surface area contributed by atoms with Crippen molar-refractivity contribution in [1.29, 1.82) is 0 Å². The Balaban J connectivity index is 2.67. The minimum atomic E-state index is 0.420. The lowest BCUT2D eigenvalue weighted by Crippen LogP contribution is -2.23. The minimum absolute atomic E-state index is 0.420. The largest absolute Gasteiger partial charge is 0.285 e. The van der Waals surface area contributed by atoms with Crippen molar-refractivity contribution in [1.82, 2.24) is 0 Å². The normalized spacial score (nSPS) is 23.9. The van der Waals surface area contributed by atoms with E-state index in [-0.39, 0.29) is 0 Å². The van der Waals surface area contributed by atoms with Crippen LogP contribution in [0.15, 0.2) is 17.1 Å². The average Bonchev–Trinajstić information content (AvgIpc) is 2.22. The molecule has 86 valence electrons. The molecule has 2 atom stereocenters. The number of nitrogens with zero attached hydrogens (tertiary/aromatic N) is 1. The summed E-state index contributed by atoms with van der Waals surface area (Å²) in [5, 5.41) is 0. The Morgan fingerprint density at radius 1 is 1.19 bits per heavy atom. The van der Waals surface area contributed by atoms with Gasteiger partial charge in [-0.2, -0.15) is 0 Å². The van der Waals surface area contributed by atoms with Crippen LogP contribution >= 0.6 is 0 Å². The summed E-state index contributed by atoms with van der Waals surface area (Å²) in [4.78, 5) is 4.82. The fourth-order valence-corrected chi connectivity index (χ4v) is 2.77. The van der Waals surface area contributed by atoms with Gasteiger partial charge in [0.2, 0.25) is 0 Å². The van der Waals surface area contributed by atoms with E-state index in [2.05, 4.69) is 46.8 Å². The van der Waals surface area contributed by atoms with Gasteiger partial charge in [0.05, 0.1) is 6.04 Å². The lowest BCUT2D eigenvalue weighted by Gasteiger charge is -2.29. The van der Waals surface area contributed by atoms with Gasteiger partial charge in [0.1, 0.15) is 0 Å². The number of rotatable bonds is 1. The van der Waals surface area contributed by atoms with Crippen LogP contribution < -0.4 is 0 Å². The van der Waals surface area contributed by atoms with Gasteiger partial charge in [-0.15, -0.1) is 0 Å². The zero-order valence-corrected chi connectivity index (χ0v) is 11.0. The van der Waals surface area contributed by atoms with Gasteiger partial charge in [-0.1, -0.05) is 25.5 Å². The van der Waals surface area contributed by atoms with Gasteiger partial charge in [0.25, 0.3) is 0 Å². The van der Waals surface area contributed by atoms with E-state index in [1.807, 2.05) is 0 Å². The van der Waals surface area contributed by atoms with Crippen LogP contribution in [0.3, 0.4) is 0 Å². The highest BCUT2D eigenvalue weighted by molar-refractivity contribution is 6.03. The second kappa shape index (κ2) is 4.04. The van der Waals surface area contributed by atoms with Crippen molar-refractivity contribution < 1.29 is 0 Å². The Kier molecular flexibility index (Phi) is 2.88. The molecule has 0 amide bonds. The van der Waals surface area contributed by atoms with Gasteiger partial charge < -0.3 is 0 Å². The molecule has 1 aliphatic heterocycles. The van der Waals surface area contributed by atoms with E-state index in [0.29, 0.717) is 12.0 Å². The Morgan fingerprint density at radius 3 is 2.50 bits per heavy atom. The Labute approximate surface area is 98.6 Å². The van der Waals surface area contributed by atoms with Crippen molar-refractivity contribution in [3.8, 4) is 0 Å². The predicted molar refractivity (Wildman–Crippen MR) is 70.6 cm³/mol. The SMILES string of the molecule is CCC1=NC(C)C(C)c2c(C)cc(C)cc21. The second-order valence-electron chi connectivity index (χ2n) is 5.00. The number of aliphatic imine (C=N–C) groups is 1. The van der Waals surface area contributed by atoms with Crippen molar-refractivity contribution in [3.63, 3.8) is 0 Å². The molecule has 2 rings (SSSR count). The number of benzene rings is 1. The number of aryl methyl sites for hydroxylation is 2. The minimum Gasteiger partial charge on any atom is -0.285 e. The molecule has 0 aliphatic carbocycles. The maximum atomic E-state index is 4.82. The second-order valence-corrected chi connectivity index (χ2v) is 5.00. The number of hydrogen-bond acceptors (Lipinski definition) is 1.